The Morgan fingerprint density at radius 2 is 1.77 bits per heavy atom. The number of hydrogen-bond donors (Lipinski definition) is 0. The molecule has 39 heavy (non-hydrogen) atoms. The number of methoxy groups -OCH3 is 2. The number of aliphatic imine (C=N–C) groups is 1. The first kappa shape index (κ1) is 25.8. The molecule has 0 bridgehead atoms. The minimum absolute atomic E-state index is 0.0837. The van der Waals surface area contributed by atoms with Crippen LogP contribution in [-0.4, -0.2) is 35.1 Å². The maximum absolute atomic E-state index is 13.5. The Labute approximate surface area is 228 Å². The predicted octanol–water partition coefficient (Wildman–Crippen LogP) is 6.68. The monoisotopic (exact) mass is 541 g/mol. The number of benzene rings is 3. The molecule has 0 spiro atoms. The smallest absolute Gasteiger partial charge is 0.273 e. The summed E-state index contributed by atoms with van der Waals surface area (Å²) in [6.45, 7) is 0.336. The van der Waals surface area contributed by atoms with Crippen LogP contribution in [-0.2, 0) is 11.3 Å². The number of nitro benzene ring substituents is 1. The van der Waals surface area contributed by atoms with Gasteiger partial charge in [0.15, 0.2) is 5.17 Å². The number of nitro groups is 1. The van der Waals surface area contributed by atoms with Crippen LogP contribution in [0.4, 0.5) is 11.4 Å². The molecule has 1 saturated heterocycles. The molecule has 1 aromatic heterocycles. The Hall–Kier alpha value is -4.83. The van der Waals surface area contributed by atoms with Crippen LogP contribution in [0.2, 0.25) is 0 Å². The van der Waals surface area contributed by atoms with Crippen molar-refractivity contribution in [3.05, 3.63) is 111 Å². The minimum Gasteiger partial charge on any atom is -0.497 e. The highest BCUT2D eigenvalue weighted by molar-refractivity contribution is 8.18. The summed E-state index contributed by atoms with van der Waals surface area (Å²) in [5, 5.41) is 11.7. The number of hydrogen-bond acceptors (Lipinski definition) is 8. The lowest BCUT2D eigenvalue weighted by atomic mass is 10.1. The topological polar surface area (TPSA) is 107 Å². The first-order valence-corrected chi connectivity index (χ1v) is 12.7. The third kappa shape index (κ3) is 5.70. The molecule has 0 saturated carbocycles. The van der Waals surface area contributed by atoms with Gasteiger partial charge < -0.3 is 13.9 Å². The Morgan fingerprint density at radius 3 is 2.46 bits per heavy atom. The van der Waals surface area contributed by atoms with Crippen molar-refractivity contribution >= 4 is 40.3 Å². The fourth-order valence-electron chi connectivity index (χ4n) is 3.96. The molecule has 0 atom stereocenters. The van der Waals surface area contributed by atoms with Crippen LogP contribution in [0.25, 0.3) is 17.4 Å². The van der Waals surface area contributed by atoms with Crippen LogP contribution in [0.3, 0.4) is 0 Å². The number of para-hydroxylation sites is 1. The average Bonchev–Trinajstić information content (AvgIpc) is 3.54. The second kappa shape index (κ2) is 11.3. The van der Waals surface area contributed by atoms with Crippen molar-refractivity contribution in [2.24, 2.45) is 4.99 Å². The van der Waals surface area contributed by atoms with Crippen molar-refractivity contribution in [2.75, 3.05) is 14.2 Å². The van der Waals surface area contributed by atoms with Crippen LogP contribution >= 0.6 is 11.8 Å². The quantitative estimate of drug-likeness (QED) is 0.139. The number of nitrogens with zero attached hydrogens (tertiary/aromatic N) is 3. The molecule has 1 aliphatic heterocycles. The van der Waals surface area contributed by atoms with E-state index in [0.717, 1.165) is 17.0 Å². The predicted molar refractivity (Wildman–Crippen MR) is 150 cm³/mol. The number of ether oxygens (including phenoxy) is 2. The van der Waals surface area contributed by atoms with Gasteiger partial charge in [0, 0.05) is 12.1 Å². The van der Waals surface area contributed by atoms with E-state index < -0.39 is 4.92 Å². The number of thioether (sulfide) groups is 1. The highest BCUT2D eigenvalue weighted by Crippen LogP contribution is 2.38. The second-order valence-corrected chi connectivity index (χ2v) is 9.43. The van der Waals surface area contributed by atoms with Crippen LogP contribution in [0.15, 0.2) is 99.2 Å². The number of furan rings is 1. The van der Waals surface area contributed by atoms with Gasteiger partial charge >= 0.3 is 0 Å². The first-order valence-electron chi connectivity index (χ1n) is 11.9. The number of amidine groups is 1. The van der Waals surface area contributed by atoms with Gasteiger partial charge in [0.25, 0.3) is 11.6 Å². The van der Waals surface area contributed by atoms with E-state index in [4.69, 9.17) is 18.9 Å². The first-order chi connectivity index (χ1) is 18.9. The molecule has 0 radical (unpaired) electrons. The molecule has 0 aliphatic carbocycles. The van der Waals surface area contributed by atoms with Gasteiger partial charge in [0.2, 0.25) is 0 Å². The number of rotatable bonds is 8. The Kier molecular flexibility index (Phi) is 7.46. The molecule has 2 heterocycles. The normalized spacial score (nSPS) is 15.2. The van der Waals surface area contributed by atoms with Crippen molar-refractivity contribution in [3.8, 4) is 22.8 Å². The SMILES string of the molecule is COc1ccc(CN2C(=O)/C(=C/c3ccc(-c4ccc([N+](=O)[O-])cc4OC)o3)SC2=Nc2ccccc2)cc1. The molecule has 3 aromatic carbocycles. The number of carbonyl (C=O) groups excluding carboxylic acids is 1. The van der Waals surface area contributed by atoms with E-state index in [9.17, 15) is 14.9 Å². The summed E-state index contributed by atoms with van der Waals surface area (Å²) in [6, 6.07) is 24.7. The molecule has 1 amide bonds. The lowest BCUT2D eigenvalue weighted by molar-refractivity contribution is -0.384. The van der Waals surface area contributed by atoms with Gasteiger partial charge in [-0.1, -0.05) is 30.3 Å². The number of amides is 1. The summed E-state index contributed by atoms with van der Waals surface area (Å²) in [6.07, 6.45) is 1.67. The molecular weight excluding hydrogens is 518 g/mol. The van der Waals surface area contributed by atoms with Crippen LogP contribution in [0.5, 0.6) is 11.5 Å². The van der Waals surface area contributed by atoms with E-state index in [-0.39, 0.29) is 11.6 Å². The Bertz CT molecular complexity index is 1580. The molecule has 9 nitrogen and oxygen atoms in total. The number of non-ortho nitro benzene ring substituents is 1. The van der Waals surface area contributed by atoms with Gasteiger partial charge in [-0.05, 0) is 59.8 Å². The van der Waals surface area contributed by atoms with Crippen molar-refractivity contribution < 1.29 is 23.6 Å². The van der Waals surface area contributed by atoms with E-state index in [1.807, 2.05) is 54.6 Å². The van der Waals surface area contributed by atoms with Crippen LogP contribution < -0.4 is 9.47 Å². The fraction of sp³-hybridized carbons (Fsp3) is 0.103. The Morgan fingerprint density at radius 1 is 1.00 bits per heavy atom. The molecular formula is C29H23N3O6S. The third-order valence-corrected chi connectivity index (χ3v) is 6.94. The Balaban J connectivity index is 1.45. The number of carbonyl (C=O) groups is 1. The zero-order valence-electron chi connectivity index (χ0n) is 21.1. The summed E-state index contributed by atoms with van der Waals surface area (Å²) >= 11 is 1.26. The van der Waals surface area contributed by atoms with Gasteiger partial charge in [-0.3, -0.25) is 19.8 Å². The molecule has 1 aliphatic rings. The minimum atomic E-state index is -0.487. The van der Waals surface area contributed by atoms with Crippen molar-refractivity contribution in [1.82, 2.24) is 4.90 Å². The van der Waals surface area contributed by atoms with Crippen molar-refractivity contribution in [1.29, 1.82) is 0 Å². The lowest BCUT2D eigenvalue weighted by Crippen LogP contribution is -2.28. The van der Waals surface area contributed by atoms with Gasteiger partial charge in [-0.15, -0.1) is 0 Å². The van der Waals surface area contributed by atoms with E-state index in [1.165, 1.54) is 31.0 Å². The largest absolute Gasteiger partial charge is 0.497 e. The van der Waals surface area contributed by atoms with Crippen LogP contribution in [0.1, 0.15) is 11.3 Å². The molecule has 0 N–H and O–H groups in total. The molecule has 5 rings (SSSR count). The summed E-state index contributed by atoms with van der Waals surface area (Å²) in [7, 11) is 3.04. The molecule has 1 fully saturated rings. The van der Waals surface area contributed by atoms with E-state index in [1.54, 1.807) is 36.3 Å². The summed E-state index contributed by atoms with van der Waals surface area (Å²) in [5.41, 5.74) is 2.14. The van der Waals surface area contributed by atoms with Gasteiger partial charge in [0.1, 0.15) is 23.0 Å². The summed E-state index contributed by atoms with van der Waals surface area (Å²) < 4.78 is 16.6. The summed E-state index contributed by atoms with van der Waals surface area (Å²) in [4.78, 5) is 31.0. The summed E-state index contributed by atoms with van der Waals surface area (Å²) in [5.74, 6) is 1.75. The van der Waals surface area contributed by atoms with E-state index >= 15 is 0 Å². The van der Waals surface area contributed by atoms with E-state index in [2.05, 4.69) is 0 Å². The standard InChI is InChI=1S/C29H23N3O6S/c1-36-22-11-8-19(9-12-22)18-31-28(33)27(39-29(31)30-20-6-4-3-5-7-20)17-23-13-15-25(38-23)24-14-10-21(32(34)35)16-26(24)37-2/h3-17H,18H2,1-2H3/b27-17-,30-29?. The molecule has 10 heteroatoms. The zero-order valence-corrected chi connectivity index (χ0v) is 21.9. The van der Waals surface area contributed by atoms with Gasteiger partial charge in [0.05, 0.1) is 47.9 Å². The average molecular weight is 542 g/mol. The lowest BCUT2D eigenvalue weighted by Gasteiger charge is -2.16. The maximum atomic E-state index is 13.5. The fourth-order valence-corrected chi connectivity index (χ4v) is 4.94. The molecule has 0 unspecified atom stereocenters. The van der Waals surface area contributed by atoms with Crippen LogP contribution in [0, 0.1) is 10.1 Å². The van der Waals surface area contributed by atoms with Crippen molar-refractivity contribution in [2.45, 2.75) is 6.54 Å². The van der Waals surface area contributed by atoms with E-state index in [0.29, 0.717) is 39.5 Å². The maximum Gasteiger partial charge on any atom is 0.273 e. The zero-order chi connectivity index (χ0) is 27.4. The highest BCUT2D eigenvalue weighted by atomic mass is 32.2. The third-order valence-electron chi connectivity index (χ3n) is 5.93. The van der Waals surface area contributed by atoms with Gasteiger partial charge in [-0.25, -0.2) is 4.99 Å². The molecule has 4 aromatic rings. The highest BCUT2D eigenvalue weighted by Gasteiger charge is 2.34. The van der Waals surface area contributed by atoms with Crippen molar-refractivity contribution in [3.63, 3.8) is 0 Å². The molecule has 196 valence electrons. The second-order valence-electron chi connectivity index (χ2n) is 8.42. The van der Waals surface area contributed by atoms with Gasteiger partial charge in [-0.2, -0.15) is 0 Å².